The van der Waals surface area contributed by atoms with Crippen LogP contribution in [0.4, 0.5) is 14.9 Å². The summed E-state index contributed by atoms with van der Waals surface area (Å²) in [6.45, 7) is 3.04. The van der Waals surface area contributed by atoms with E-state index in [1.807, 2.05) is 18.4 Å². The van der Waals surface area contributed by atoms with Crippen LogP contribution in [0.2, 0.25) is 0 Å². The van der Waals surface area contributed by atoms with Crippen LogP contribution >= 0.6 is 11.3 Å². The van der Waals surface area contributed by atoms with Gasteiger partial charge in [0.15, 0.2) is 0 Å². The van der Waals surface area contributed by atoms with E-state index in [0.717, 1.165) is 16.0 Å². The lowest BCUT2D eigenvalue weighted by Crippen LogP contribution is -2.45. The minimum absolute atomic E-state index is 0.143. The lowest BCUT2D eigenvalue weighted by Gasteiger charge is -2.28. The van der Waals surface area contributed by atoms with Crippen LogP contribution in [0.1, 0.15) is 16.0 Å². The molecule has 0 atom stereocenters. The van der Waals surface area contributed by atoms with Crippen molar-refractivity contribution in [2.45, 2.75) is 20.0 Å². The Kier molecular flexibility index (Phi) is 9.63. The molecular weight excluding hydrogens is 469 g/mol. The normalized spacial score (nSPS) is 10.6. The zero-order valence-electron chi connectivity index (χ0n) is 20.1. The van der Waals surface area contributed by atoms with Gasteiger partial charge in [0.25, 0.3) is 0 Å². The lowest BCUT2D eigenvalue weighted by molar-refractivity contribution is -0.133. The van der Waals surface area contributed by atoms with Gasteiger partial charge in [-0.05, 0) is 53.8 Å². The monoisotopic (exact) mass is 499 g/mol. The molecule has 0 radical (unpaired) electrons. The molecule has 0 saturated heterocycles. The highest BCUT2D eigenvalue weighted by atomic mass is 32.1. The van der Waals surface area contributed by atoms with Gasteiger partial charge >= 0.3 is 6.03 Å². The van der Waals surface area contributed by atoms with E-state index in [-0.39, 0.29) is 31.4 Å². The molecule has 0 spiro atoms. The summed E-state index contributed by atoms with van der Waals surface area (Å²) >= 11 is 1.57. The largest absolute Gasteiger partial charge is 0.495 e. The van der Waals surface area contributed by atoms with Gasteiger partial charge in [0.1, 0.15) is 18.1 Å². The van der Waals surface area contributed by atoms with Gasteiger partial charge in [-0.2, -0.15) is 0 Å². The molecule has 0 unspecified atom stereocenters. The second-order valence-corrected chi connectivity index (χ2v) is 8.95. The maximum atomic E-state index is 13.5. The van der Waals surface area contributed by atoms with Gasteiger partial charge in [0.05, 0.1) is 25.9 Å². The molecule has 0 bridgehead atoms. The Bertz CT molecular complexity index is 1120. The van der Waals surface area contributed by atoms with Crippen LogP contribution in [-0.4, -0.2) is 55.7 Å². The first-order chi connectivity index (χ1) is 16.9. The number of carbonyl (C=O) groups is 2. The number of carbonyl (C=O) groups excluding carboxylic acids is 2. The zero-order chi connectivity index (χ0) is 25.2. The molecular formula is C26H30FN3O4S. The van der Waals surface area contributed by atoms with Crippen molar-refractivity contribution in [3.8, 4) is 5.75 Å². The smallest absolute Gasteiger partial charge is 0.322 e. The molecule has 0 aliphatic rings. The minimum Gasteiger partial charge on any atom is -0.495 e. The number of benzene rings is 2. The van der Waals surface area contributed by atoms with Gasteiger partial charge in [-0.25, -0.2) is 9.18 Å². The predicted molar refractivity (Wildman–Crippen MR) is 135 cm³/mol. The predicted octanol–water partition coefficient (Wildman–Crippen LogP) is 4.91. The molecule has 9 heteroatoms. The van der Waals surface area contributed by atoms with E-state index in [1.165, 1.54) is 24.1 Å². The maximum Gasteiger partial charge on any atom is 0.322 e. The SMILES string of the molecule is COCCN(CC(=O)N(Cc1ccc(F)cc1)Cc1sccc1C)C(=O)Nc1ccccc1OC. The summed E-state index contributed by atoms with van der Waals surface area (Å²) in [5.41, 5.74) is 2.40. The van der Waals surface area contributed by atoms with Crippen molar-refractivity contribution in [1.29, 1.82) is 0 Å². The van der Waals surface area contributed by atoms with E-state index in [1.54, 1.807) is 59.7 Å². The number of halogens is 1. The van der Waals surface area contributed by atoms with Gasteiger partial charge in [0, 0.05) is 25.1 Å². The summed E-state index contributed by atoms with van der Waals surface area (Å²) in [7, 11) is 3.07. The fourth-order valence-corrected chi connectivity index (χ4v) is 4.36. The molecule has 3 amide bonds. The summed E-state index contributed by atoms with van der Waals surface area (Å²) in [4.78, 5) is 30.7. The van der Waals surface area contributed by atoms with Crippen molar-refractivity contribution in [2.24, 2.45) is 0 Å². The fourth-order valence-electron chi connectivity index (χ4n) is 3.44. The Morgan fingerprint density at radius 1 is 1.00 bits per heavy atom. The minimum atomic E-state index is -0.436. The number of methoxy groups -OCH3 is 2. The Morgan fingerprint density at radius 2 is 1.74 bits per heavy atom. The highest BCUT2D eigenvalue weighted by molar-refractivity contribution is 7.10. The highest BCUT2D eigenvalue weighted by Crippen LogP contribution is 2.24. The fraction of sp³-hybridized carbons (Fsp3) is 0.308. The number of para-hydroxylation sites is 2. The van der Waals surface area contributed by atoms with Crippen LogP contribution in [0.3, 0.4) is 0 Å². The van der Waals surface area contributed by atoms with Crippen LogP contribution in [0.25, 0.3) is 0 Å². The molecule has 0 aliphatic heterocycles. The Hall–Kier alpha value is -3.43. The standard InChI is InChI=1S/C26H30FN3O4S/c1-19-12-15-35-24(19)17-30(16-20-8-10-21(27)11-9-20)25(31)18-29(13-14-33-2)26(32)28-22-6-4-5-7-23(22)34-3/h4-12,15H,13-14,16-18H2,1-3H3,(H,28,32). The molecule has 0 saturated carbocycles. The van der Waals surface area contributed by atoms with Crippen LogP contribution < -0.4 is 10.1 Å². The van der Waals surface area contributed by atoms with Gasteiger partial charge in [-0.3, -0.25) is 4.79 Å². The second-order valence-electron chi connectivity index (χ2n) is 7.95. The Morgan fingerprint density at radius 3 is 2.40 bits per heavy atom. The van der Waals surface area contributed by atoms with Gasteiger partial charge in [-0.15, -0.1) is 11.3 Å². The third kappa shape index (κ3) is 7.53. The summed E-state index contributed by atoms with van der Waals surface area (Å²) in [5, 5.41) is 4.80. The average Bonchev–Trinajstić information content (AvgIpc) is 3.26. The number of aryl methyl sites for hydroxylation is 1. The number of urea groups is 1. The number of rotatable bonds is 11. The number of hydrogen-bond acceptors (Lipinski definition) is 5. The van der Waals surface area contributed by atoms with E-state index < -0.39 is 6.03 Å². The summed E-state index contributed by atoms with van der Waals surface area (Å²) in [6, 6.07) is 14.7. The third-order valence-electron chi connectivity index (χ3n) is 5.47. The zero-order valence-corrected chi connectivity index (χ0v) is 20.9. The quantitative estimate of drug-likeness (QED) is 0.407. The van der Waals surface area contributed by atoms with E-state index in [4.69, 9.17) is 9.47 Å². The Labute approximate surface area is 209 Å². The lowest BCUT2D eigenvalue weighted by atomic mass is 10.2. The maximum absolute atomic E-state index is 13.5. The van der Waals surface area contributed by atoms with Crippen molar-refractivity contribution in [3.05, 3.63) is 81.8 Å². The van der Waals surface area contributed by atoms with E-state index in [0.29, 0.717) is 24.5 Å². The molecule has 35 heavy (non-hydrogen) atoms. The van der Waals surface area contributed by atoms with Crippen LogP contribution in [0, 0.1) is 12.7 Å². The molecule has 1 aromatic heterocycles. The van der Waals surface area contributed by atoms with Gasteiger partial charge in [0.2, 0.25) is 5.91 Å². The van der Waals surface area contributed by atoms with Crippen molar-refractivity contribution in [3.63, 3.8) is 0 Å². The molecule has 1 N–H and O–H groups in total. The molecule has 3 rings (SSSR count). The van der Waals surface area contributed by atoms with Crippen LogP contribution in [0.15, 0.2) is 60.0 Å². The third-order valence-corrected chi connectivity index (χ3v) is 6.48. The van der Waals surface area contributed by atoms with Gasteiger partial charge < -0.3 is 24.6 Å². The highest BCUT2D eigenvalue weighted by Gasteiger charge is 2.23. The second kappa shape index (κ2) is 12.9. The van der Waals surface area contributed by atoms with Crippen LogP contribution in [0.5, 0.6) is 5.75 Å². The number of hydrogen-bond donors (Lipinski definition) is 1. The van der Waals surface area contributed by atoms with Crippen molar-refractivity contribution in [1.82, 2.24) is 9.80 Å². The van der Waals surface area contributed by atoms with Crippen LogP contribution in [-0.2, 0) is 22.6 Å². The molecule has 0 fully saturated rings. The first-order valence-electron chi connectivity index (χ1n) is 11.1. The summed E-state index contributed by atoms with van der Waals surface area (Å²) in [5.74, 6) is -0.0436. The number of ether oxygens (including phenoxy) is 2. The summed E-state index contributed by atoms with van der Waals surface area (Å²) in [6.07, 6.45) is 0. The Balaban J connectivity index is 1.79. The first kappa shape index (κ1) is 26.2. The molecule has 7 nitrogen and oxygen atoms in total. The number of nitrogens with one attached hydrogen (secondary N) is 1. The van der Waals surface area contributed by atoms with Crippen molar-refractivity contribution >= 4 is 29.0 Å². The van der Waals surface area contributed by atoms with E-state index >= 15 is 0 Å². The first-order valence-corrected chi connectivity index (χ1v) is 12.0. The average molecular weight is 500 g/mol. The van der Waals surface area contributed by atoms with Crippen molar-refractivity contribution in [2.75, 3.05) is 39.2 Å². The number of nitrogens with zero attached hydrogens (tertiary/aromatic N) is 2. The van der Waals surface area contributed by atoms with Gasteiger partial charge in [-0.1, -0.05) is 24.3 Å². The topological polar surface area (TPSA) is 71.1 Å². The van der Waals surface area contributed by atoms with E-state index in [2.05, 4.69) is 5.32 Å². The summed E-state index contributed by atoms with van der Waals surface area (Å²) < 4.78 is 23.9. The number of amides is 3. The molecule has 1 heterocycles. The molecule has 186 valence electrons. The molecule has 3 aromatic rings. The number of anilines is 1. The van der Waals surface area contributed by atoms with E-state index in [9.17, 15) is 14.0 Å². The molecule has 2 aromatic carbocycles. The molecule has 0 aliphatic carbocycles. The number of thiophene rings is 1. The van der Waals surface area contributed by atoms with Crippen molar-refractivity contribution < 1.29 is 23.5 Å².